The molecule has 1 aliphatic heterocycles. The Morgan fingerprint density at radius 3 is 2.96 bits per heavy atom. The number of hydrogen-bond donors (Lipinski definition) is 2. The molecule has 0 unspecified atom stereocenters. The van der Waals surface area contributed by atoms with Crippen LogP contribution in [0.15, 0.2) is 41.9 Å². The second-order valence-corrected chi connectivity index (χ2v) is 7.36. The lowest BCUT2D eigenvalue weighted by atomic mass is 10.2. The van der Waals surface area contributed by atoms with Crippen molar-refractivity contribution in [1.29, 1.82) is 0 Å². The molecule has 0 saturated carbocycles. The Bertz CT molecular complexity index is 927. The molecular weight excluding hydrogens is 360 g/mol. The molecule has 1 aromatic carbocycles. The van der Waals surface area contributed by atoms with Gasteiger partial charge in [0.2, 0.25) is 0 Å². The SMILES string of the molecule is COc1ccccc1CNc1nc(-c2c[nH]c(C(=O)N3CCCC3)c2)cs1. The number of para-hydroxylation sites is 1. The highest BCUT2D eigenvalue weighted by Crippen LogP contribution is 2.27. The zero-order valence-corrected chi connectivity index (χ0v) is 16.0. The second kappa shape index (κ2) is 7.84. The standard InChI is InChI=1S/C20H22N4O2S/c1-26-18-7-3-2-6-14(18)11-22-20-23-17(13-27-20)15-10-16(21-12-15)19(25)24-8-4-5-9-24/h2-3,6-7,10,12-13,21H,4-5,8-9,11H2,1H3,(H,22,23). The molecule has 0 atom stereocenters. The number of rotatable bonds is 6. The molecule has 140 valence electrons. The number of nitrogens with one attached hydrogen (secondary N) is 2. The van der Waals surface area contributed by atoms with Gasteiger partial charge in [-0.2, -0.15) is 0 Å². The zero-order chi connectivity index (χ0) is 18.6. The summed E-state index contributed by atoms with van der Waals surface area (Å²) in [5, 5.41) is 6.18. The maximum Gasteiger partial charge on any atom is 0.270 e. The van der Waals surface area contributed by atoms with Gasteiger partial charge in [0.15, 0.2) is 5.13 Å². The van der Waals surface area contributed by atoms with Gasteiger partial charge < -0.3 is 19.9 Å². The quantitative estimate of drug-likeness (QED) is 0.676. The minimum absolute atomic E-state index is 0.0727. The number of carbonyl (C=O) groups excluding carboxylic acids is 1. The summed E-state index contributed by atoms with van der Waals surface area (Å²) in [6.07, 6.45) is 4.03. The van der Waals surface area contributed by atoms with Gasteiger partial charge >= 0.3 is 0 Å². The molecular formula is C20H22N4O2S. The summed E-state index contributed by atoms with van der Waals surface area (Å²) in [6, 6.07) is 9.81. The van der Waals surface area contributed by atoms with Crippen LogP contribution in [0, 0.1) is 0 Å². The number of carbonyl (C=O) groups is 1. The van der Waals surface area contributed by atoms with Crippen LogP contribution in [0.4, 0.5) is 5.13 Å². The molecule has 2 N–H and O–H groups in total. The number of ether oxygens (including phenoxy) is 1. The van der Waals surface area contributed by atoms with Crippen LogP contribution in [0.1, 0.15) is 28.9 Å². The number of methoxy groups -OCH3 is 1. The molecule has 1 aliphatic rings. The Labute approximate surface area is 162 Å². The number of thiazole rings is 1. The van der Waals surface area contributed by atoms with E-state index in [2.05, 4.69) is 15.3 Å². The van der Waals surface area contributed by atoms with Gasteiger partial charge in [-0.3, -0.25) is 4.79 Å². The predicted octanol–water partition coefficient (Wildman–Crippen LogP) is 3.99. The fourth-order valence-corrected chi connectivity index (χ4v) is 3.98. The van der Waals surface area contributed by atoms with Gasteiger partial charge in [0.05, 0.1) is 12.8 Å². The molecule has 1 fully saturated rings. The van der Waals surface area contributed by atoms with Crippen LogP contribution < -0.4 is 10.1 Å². The third-order valence-corrected chi connectivity index (χ3v) is 5.53. The average Bonchev–Trinajstić information content (AvgIpc) is 3.47. The van der Waals surface area contributed by atoms with Crippen molar-refractivity contribution >= 4 is 22.4 Å². The molecule has 0 aliphatic carbocycles. The minimum atomic E-state index is 0.0727. The lowest BCUT2D eigenvalue weighted by molar-refractivity contribution is 0.0788. The molecule has 7 heteroatoms. The molecule has 4 rings (SSSR count). The minimum Gasteiger partial charge on any atom is -0.496 e. The normalized spacial score (nSPS) is 13.7. The van der Waals surface area contributed by atoms with Crippen molar-refractivity contribution in [2.24, 2.45) is 0 Å². The number of hydrogen-bond acceptors (Lipinski definition) is 5. The van der Waals surface area contributed by atoms with E-state index in [4.69, 9.17) is 4.74 Å². The van der Waals surface area contributed by atoms with Gasteiger partial charge in [0.1, 0.15) is 11.4 Å². The third kappa shape index (κ3) is 3.83. The summed E-state index contributed by atoms with van der Waals surface area (Å²) in [6.45, 7) is 2.34. The van der Waals surface area contributed by atoms with Gasteiger partial charge in [-0.25, -0.2) is 4.98 Å². The third-order valence-electron chi connectivity index (χ3n) is 4.73. The fraction of sp³-hybridized carbons (Fsp3) is 0.300. The Morgan fingerprint density at radius 2 is 2.15 bits per heavy atom. The number of aromatic nitrogens is 2. The number of H-pyrrole nitrogens is 1. The highest BCUT2D eigenvalue weighted by atomic mass is 32.1. The van der Waals surface area contributed by atoms with E-state index < -0.39 is 0 Å². The lowest BCUT2D eigenvalue weighted by Gasteiger charge is -2.13. The van der Waals surface area contributed by atoms with Crippen molar-refractivity contribution < 1.29 is 9.53 Å². The van der Waals surface area contributed by atoms with Gasteiger partial charge in [-0.1, -0.05) is 18.2 Å². The van der Waals surface area contributed by atoms with Crippen molar-refractivity contribution in [2.45, 2.75) is 19.4 Å². The summed E-state index contributed by atoms with van der Waals surface area (Å²) < 4.78 is 5.38. The van der Waals surface area contributed by atoms with Crippen LogP contribution >= 0.6 is 11.3 Å². The van der Waals surface area contributed by atoms with Gasteiger partial charge in [-0.05, 0) is 25.0 Å². The first kappa shape index (κ1) is 17.6. The Morgan fingerprint density at radius 1 is 1.33 bits per heavy atom. The van der Waals surface area contributed by atoms with E-state index in [0.29, 0.717) is 12.2 Å². The molecule has 3 heterocycles. The fourth-order valence-electron chi connectivity index (χ4n) is 3.26. The van der Waals surface area contributed by atoms with Crippen molar-refractivity contribution in [3.63, 3.8) is 0 Å². The highest BCUT2D eigenvalue weighted by Gasteiger charge is 2.21. The van der Waals surface area contributed by atoms with E-state index >= 15 is 0 Å². The van der Waals surface area contributed by atoms with Crippen molar-refractivity contribution in [3.8, 4) is 17.0 Å². The molecule has 0 bridgehead atoms. The number of benzene rings is 1. The molecule has 2 aromatic heterocycles. The van der Waals surface area contributed by atoms with Crippen LogP contribution in [0.25, 0.3) is 11.3 Å². The van der Waals surface area contributed by atoms with Crippen LogP contribution in [0.2, 0.25) is 0 Å². The number of aromatic amines is 1. The van der Waals surface area contributed by atoms with Crippen LogP contribution in [-0.4, -0.2) is 41.0 Å². The average molecular weight is 382 g/mol. The van der Waals surface area contributed by atoms with E-state index in [1.54, 1.807) is 18.4 Å². The first-order chi connectivity index (χ1) is 13.2. The van der Waals surface area contributed by atoms with Crippen molar-refractivity contribution in [2.75, 3.05) is 25.5 Å². The predicted molar refractivity (Wildman–Crippen MR) is 107 cm³/mol. The maximum absolute atomic E-state index is 12.5. The Kier molecular flexibility index (Phi) is 5.11. The monoisotopic (exact) mass is 382 g/mol. The molecule has 1 saturated heterocycles. The lowest BCUT2D eigenvalue weighted by Crippen LogP contribution is -2.27. The topological polar surface area (TPSA) is 70.2 Å². The summed E-state index contributed by atoms with van der Waals surface area (Å²) in [5.41, 5.74) is 3.50. The van der Waals surface area contributed by atoms with Crippen LogP contribution in [0.3, 0.4) is 0 Å². The highest BCUT2D eigenvalue weighted by molar-refractivity contribution is 7.14. The van der Waals surface area contributed by atoms with Crippen molar-refractivity contribution in [1.82, 2.24) is 14.9 Å². The van der Waals surface area contributed by atoms with E-state index in [1.165, 1.54) is 0 Å². The van der Waals surface area contributed by atoms with E-state index in [9.17, 15) is 4.79 Å². The Balaban J connectivity index is 1.43. The van der Waals surface area contributed by atoms with E-state index in [0.717, 1.165) is 53.6 Å². The largest absolute Gasteiger partial charge is 0.496 e. The Hall–Kier alpha value is -2.80. The molecule has 0 spiro atoms. The van der Waals surface area contributed by atoms with Crippen molar-refractivity contribution in [3.05, 3.63) is 53.2 Å². The van der Waals surface area contributed by atoms with Gasteiger partial charge in [-0.15, -0.1) is 11.3 Å². The first-order valence-corrected chi connectivity index (χ1v) is 9.92. The smallest absolute Gasteiger partial charge is 0.270 e. The van der Waals surface area contributed by atoms with Crippen LogP contribution in [0.5, 0.6) is 5.75 Å². The molecule has 27 heavy (non-hydrogen) atoms. The molecule has 3 aromatic rings. The first-order valence-electron chi connectivity index (χ1n) is 9.04. The number of anilines is 1. The summed E-state index contributed by atoms with van der Waals surface area (Å²) in [7, 11) is 1.67. The summed E-state index contributed by atoms with van der Waals surface area (Å²) >= 11 is 1.55. The molecule has 0 radical (unpaired) electrons. The zero-order valence-electron chi connectivity index (χ0n) is 15.2. The number of amides is 1. The van der Waals surface area contributed by atoms with E-state index in [-0.39, 0.29) is 5.91 Å². The second-order valence-electron chi connectivity index (χ2n) is 6.50. The summed E-state index contributed by atoms with van der Waals surface area (Å²) in [4.78, 5) is 22.1. The molecule has 1 amide bonds. The summed E-state index contributed by atoms with van der Waals surface area (Å²) in [5.74, 6) is 0.931. The van der Waals surface area contributed by atoms with Crippen LogP contribution in [-0.2, 0) is 6.54 Å². The molecule has 6 nitrogen and oxygen atoms in total. The van der Waals surface area contributed by atoms with Gasteiger partial charge in [0, 0.05) is 42.3 Å². The van der Waals surface area contributed by atoms with E-state index in [1.807, 2.05) is 46.8 Å². The number of likely N-dealkylation sites (tertiary alicyclic amines) is 1. The number of nitrogens with zero attached hydrogens (tertiary/aromatic N) is 2. The maximum atomic E-state index is 12.5. The van der Waals surface area contributed by atoms with Gasteiger partial charge in [0.25, 0.3) is 5.91 Å².